The summed E-state index contributed by atoms with van der Waals surface area (Å²) in [6.45, 7) is 0.590. The predicted octanol–water partition coefficient (Wildman–Crippen LogP) is 1.32. The maximum atomic E-state index is 13.1. The van der Waals surface area contributed by atoms with E-state index in [-0.39, 0.29) is 5.46 Å². The van der Waals surface area contributed by atoms with Crippen LogP contribution in [0.2, 0.25) is 0 Å². The maximum absolute atomic E-state index is 13.1. The molecule has 0 amide bonds. The molecule has 2 saturated carbocycles. The fourth-order valence-electron chi connectivity index (χ4n) is 3.63. The van der Waals surface area contributed by atoms with Crippen LogP contribution < -0.4 is 10.2 Å². The van der Waals surface area contributed by atoms with Crippen molar-refractivity contribution < 1.29 is 19.2 Å². The number of hydrogen-bond donors (Lipinski definition) is 2. The molecular weight excluding hydrogens is 246 g/mol. The molecule has 0 aliphatic heterocycles. The van der Waals surface area contributed by atoms with Crippen LogP contribution in [-0.4, -0.2) is 23.8 Å². The first-order chi connectivity index (χ1) is 9.13. The van der Waals surface area contributed by atoms with Crippen LogP contribution >= 0.6 is 0 Å². The lowest BCUT2D eigenvalue weighted by atomic mass is 9.79. The van der Waals surface area contributed by atoms with Crippen LogP contribution in [0.5, 0.6) is 5.75 Å². The molecule has 2 aliphatic carbocycles. The van der Waals surface area contributed by atoms with Gasteiger partial charge in [0, 0.05) is 5.46 Å². The van der Waals surface area contributed by atoms with E-state index in [2.05, 4.69) is 0 Å². The summed E-state index contributed by atoms with van der Waals surface area (Å²) in [5.74, 6) is 2.06. The van der Waals surface area contributed by atoms with Gasteiger partial charge in [0.05, 0.1) is 6.61 Å². The second-order valence-corrected chi connectivity index (χ2v) is 5.80. The Morgan fingerprint density at radius 3 is 2.74 bits per heavy atom. The van der Waals surface area contributed by atoms with Gasteiger partial charge in [0.25, 0.3) is 0 Å². The van der Waals surface area contributed by atoms with Gasteiger partial charge in [0.1, 0.15) is 11.6 Å². The normalized spacial score (nSPS) is 28.7. The molecular formula is C14H18BFO3. The molecule has 0 saturated heterocycles. The van der Waals surface area contributed by atoms with Crippen molar-refractivity contribution in [2.75, 3.05) is 6.61 Å². The number of hydrogen-bond acceptors (Lipinski definition) is 3. The first-order valence-corrected chi connectivity index (χ1v) is 6.92. The standard InChI is InChI=1S/C14H18BFO3/c16-12-3-4-14(13(7-12)15(17)18)19-8-11-6-9-1-2-10(11)5-9/h3-4,7,9-11,17-18H,1-2,5-6,8H2. The third-order valence-electron chi connectivity index (χ3n) is 4.59. The fraction of sp³-hybridized carbons (Fsp3) is 0.571. The van der Waals surface area contributed by atoms with Gasteiger partial charge in [0.15, 0.2) is 0 Å². The van der Waals surface area contributed by atoms with Crippen molar-refractivity contribution in [2.24, 2.45) is 17.8 Å². The van der Waals surface area contributed by atoms with Crippen LogP contribution in [0.1, 0.15) is 25.7 Å². The van der Waals surface area contributed by atoms with Crippen molar-refractivity contribution in [1.29, 1.82) is 0 Å². The zero-order valence-corrected chi connectivity index (χ0v) is 10.8. The summed E-state index contributed by atoms with van der Waals surface area (Å²) in [5, 5.41) is 18.5. The van der Waals surface area contributed by atoms with Gasteiger partial charge in [-0.3, -0.25) is 0 Å². The van der Waals surface area contributed by atoms with Gasteiger partial charge in [-0.05, 0) is 55.2 Å². The predicted molar refractivity (Wildman–Crippen MR) is 70.7 cm³/mol. The summed E-state index contributed by atoms with van der Waals surface area (Å²) < 4.78 is 18.8. The van der Waals surface area contributed by atoms with E-state index >= 15 is 0 Å². The molecule has 0 aromatic heterocycles. The average molecular weight is 264 g/mol. The highest BCUT2D eigenvalue weighted by atomic mass is 19.1. The van der Waals surface area contributed by atoms with E-state index < -0.39 is 12.9 Å². The van der Waals surface area contributed by atoms with E-state index in [4.69, 9.17) is 4.74 Å². The highest BCUT2D eigenvalue weighted by Crippen LogP contribution is 2.48. The summed E-state index contributed by atoms with van der Waals surface area (Å²) >= 11 is 0. The van der Waals surface area contributed by atoms with Crippen molar-refractivity contribution in [2.45, 2.75) is 25.7 Å². The summed E-state index contributed by atoms with van der Waals surface area (Å²) in [4.78, 5) is 0. The summed E-state index contributed by atoms with van der Waals surface area (Å²) in [6, 6.07) is 3.86. The smallest absolute Gasteiger partial charge is 0.492 e. The van der Waals surface area contributed by atoms with Crippen LogP contribution in [-0.2, 0) is 0 Å². The van der Waals surface area contributed by atoms with Gasteiger partial charge < -0.3 is 14.8 Å². The molecule has 0 spiro atoms. The third kappa shape index (κ3) is 2.62. The molecule has 3 nitrogen and oxygen atoms in total. The molecule has 0 heterocycles. The Labute approximate surface area is 112 Å². The van der Waals surface area contributed by atoms with Gasteiger partial charge >= 0.3 is 7.12 Å². The van der Waals surface area contributed by atoms with Crippen molar-refractivity contribution in [1.82, 2.24) is 0 Å². The second-order valence-electron chi connectivity index (χ2n) is 5.80. The summed E-state index contributed by atoms with van der Waals surface area (Å²) in [6.07, 6.45) is 5.16. The van der Waals surface area contributed by atoms with Gasteiger partial charge in [-0.15, -0.1) is 0 Å². The zero-order chi connectivity index (χ0) is 13.4. The van der Waals surface area contributed by atoms with Crippen LogP contribution in [0.4, 0.5) is 4.39 Å². The Balaban J connectivity index is 1.66. The molecule has 5 heteroatoms. The lowest BCUT2D eigenvalue weighted by Crippen LogP contribution is -2.32. The minimum Gasteiger partial charge on any atom is -0.494 e. The van der Waals surface area contributed by atoms with E-state index in [1.807, 2.05) is 0 Å². The van der Waals surface area contributed by atoms with Gasteiger partial charge in [0.2, 0.25) is 0 Å². The number of rotatable bonds is 4. The van der Waals surface area contributed by atoms with Crippen molar-refractivity contribution >= 4 is 12.6 Å². The highest BCUT2D eigenvalue weighted by Gasteiger charge is 2.39. The van der Waals surface area contributed by atoms with E-state index in [1.165, 1.54) is 37.8 Å². The molecule has 3 rings (SSSR count). The monoisotopic (exact) mass is 264 g/mol. The molecule has 0 radical (unpaired) electrons. The van der Waals surface area contributed by atoms with E-state index in [1.54, 1.807) is 0 Å². The molecule has 3 atom stereocenters. The summed E-state index contributed by atoms with van der Waals surface area (Å²) in [5.41, 5.74) is 0.100. The third-order valence-corrected chi connectivity index (χ3v) is 4.59. The Morgan fingerprint density at radius 2 is 2.11 bits per heavy atom. The molecule has 1 aromatic rings. The van der Waals surface area contributed by atoms with Gasteiger partial charge in [-0.2, -0.15) is 0 Å². The SMILES string of the molecule is OB(O)c1cc(F)ccc1OCC1CC2CCC1C2. The number of fused-ring (bicyclic) bond motifs is 2. The molecule has 2 aliphatic rings. The van der Waals surface area contributed by atoms with E-state index in [9.17, 15) is 14.4 Å². The Bertz CT molecular complexity index is 466. The minimum absolute atomic E-state index is 0.100. The van der Waals surface area contributed by atoms with Crippen molar-refractivity contribution in [3.8, 4) is 5.75 Å². The Hall–Kier alpha value is -1.07. The zero-order valence-electron chi connectivity index (χ0n) is 10.8. The lowest BCUT2D eigenvalue weighted by molar-refractivity contribution is 0.196. The van der Waals surface area contributed by atoms with Crippen LogP contribution in [0, 0.1) is 23.6 Å². The highest BCUT2D eigenvalue weighted by molar-refractivity contribution is 6.59. The van der Waals surface area contributed by atoms with Crippen LogP contribution in [0.15, 0.2) is 18.2 Å². The number of halogens is 1. The number of ether oxygens (including phenoxy) is 1. The van der Waals surface area contributed by atoms with Crippen molar-refractivity contribution in [3.63, 3.8) is 0 Å². The molecule has 2 N–H and O–H groups in total. The maximum Gasteiger partial charge on any atom is 0.492 e. The van der Waals surface area contributed by atoms with Crippen LogP contribution in [0.3, 0.4) is 0 Å². The van der Waals surface area contributed by atoms with E-state index in [0.717, 1.165) is 17.9 Å². The molecule has 102 valence electrons. The molecule has 3 unspecified atom stereocenters. The van der Waals surface area contributed by atoms with Gasteiger partial charge in [-0.25, -0.2) is 4.39 Å². The number of benzene rings is 1. The minimum atomic E-state index is -1.70. The first kappa shape index (κ1) is 12.9. The second kappa shape index (κ2) is 5.14. The van der Waals surface area contributed by atoms with Gasteiger partial charge in [-0.1, -0.05) is 6.42 Å². The lowest BCUT2D eigenvalue weighted by Gasteiger charge is -2.22. The Kier molecular flexibility index (Phi) is 3.50. The fourth-order valence-corrected chi connectivity index (χ4v) is 3.63. The average Bonchev–Trinajstić information content (AvgIpc) is 2.99. The molecule has 19 heavy (non-hydrogen) atoms. The quantitative estimate of drug-likeness (QED) is 0.806. The van der Waals surface area contributed by atoms with Crippen molar-refractivity contribution in [3.05, 3.63) is 24.0 Å². The topological polar surface area (TPSA) is 49.7 Å². The molecule has 2 fully saturated rings. The molecule has 2 bridgehead atoms. The van der Waals surface area contributed by atoms with Crippen LogP contribution in [0.25, 0.3) is 0 Å². The van der Waals surface area contributed by atoms with E-state index in [0.29, 0.717) is 18.3 Å². The summed E-state index contributed by atoms with van der Waals surface area (Å²) in [7, 11) is -1.70. The molecule has 1 aromatic carbocycles. The Morgan fingerprint density at radius 1 is 1.26 bits per heavy atom. The first-order valence-electron chi connectivity index (χ1n) is 6.92. The largest absolute Gasteiger partial charge is 0.494 e.